The lowest BCUT2D eigenvalue weighted by atomic mass is 10.3. The molecular formula is C9H16BrNO2. The Bertz CT molecular complexity index is 182. The Balaban J connectivity index is 3.42. The fourth-order valence-corrected chi connectivity index (χ4v) is 1.40. The molecule has 0 aliphatic heterocycles. The summed E-state index contributed by atoms with van der Waals surface area (Å²) in [5.41, 5.74) is 0. The van der Waals surface area contributed by atoms with Gasteiger partial charge in [0.05, 0.1) is 7.11 Å². The number of nitrogens with zero attached hydrogens (tertiary/aromatic N) is 1. The number of rotatable bonds is 6. The summed E-state index contributed by atoms with van der Waals surface area (Å²) < 4.78 is 5.48. The van der Waals surface area contributed by atoms with Gasteiger partial charge in [0.1, 0.15) is 0 Å². The highest BCUT2D eigenvalue weighted by molar-refractivity contribution is 9.11. The molecule has 0 bridgehead atoms. The zero-order valence-corrected chi connectivity index (χ0v) is 9.76. The maximum atomic E-state index is 10.7. The number of likely N-dealkylation sites (N-methyl/N-ethyl adjacent to an activating group) is 1. The van der Waals surface area contributed by atoms with Crippen molar-refractivity contribution in [3.05, 3.63) is 11.1 Å². The first-order valence-corrected chi connectivity index (χ1v) is 4.94. The Labute approximate surface area is 87.9 Å². The smallest absolute Gasteiger partial charge is 0.305 e. The van der Waals surface area contributed by atoms with Crippen molar-refractivity contribution in [3.8, 4) is 0 Å². The first-order chi connectivity index (χ1) is 6.06. The van der Waals surface area contributed by atoms with Crippen molar-refractivity contribution in [2.24, 2.45) is 0 Å². The normalized spacial score (nSPS) is 10.2. The van der Waals surface area contributed by atoms with E-state index in [1.54, 1.807) is 0 Å². The van der Waals surface area contributed by atoms with Crippen molar-refractivity contribution in [1.29, 1.82) is 0 Å². The van der Waals surface area contributed by atoms with E-state index >= 15 is 0 Å². The van der Waals surface area contributed by atoms with E-state index in [9.17, 15) is 4.79 Å². The maximum Gasteiger partial charge on any atom is 0.305 e. The van der Waals surface area contributed by atoms with Gasteiger partial charge in [0.15, 0.2) is 0 Å². The average molecular weight is 250 g/mol. The summed E-state index contributed by atoms with van der Waals surface area (Å²) >= 11 is 3.28. The Morgan fingerprint density at radius 1 is 1.62 bits per heavy atom. The topological polar surface area (TPSA) is 29.5 Å². The maximum absolute atomic E-state index is 10.7. The number of hydrogen-bond acceptors (Lipinski definition) is 3. The zero-order valence-electron chi connectivity index (χ0n) is 8.18. The molecule has 0 aromatic heterocycles. The van der Waals surface area contributed by atoms with Crippen molar-refractivity contribution < 1.29 is 9.53 Å². The van der Waals surface area contributed by atoms with Gasteiger partial charge in [-0.1, -0.05) is 22.5 Å². The van der Waals surface area contributed by atoms with E-state index in [-0.39, 0.29) is 5.97 Å². The van der Waals surface area contributed by atoms with Crippen LogP contribution in [0.25, 0.3) is 0 Å². The van der Waals surface area contributed by atoms with Gasteiger partial charge in [0.2, 0.25) is 0 Å². The number of methoxy groups -OCH3 is 1. The molecule has 0 unspecified atom stereocenters. The number of hydrogen-bond donors (Lipinski definition) is 0. The third kappa shape index (κ3) is 7.99. The molecule has 3 nitrogen and oxygen atoms in total. The predicted molar refractivity (Wildman–Crippen MR) is 56.8 cm³/mol. The summed E-state index contributed by atoms with van der Waals surface area (Å²) in [6, 6.07) is 0. The zero-order chi connectivity index (χ0) is 10.3. The molecule has 4 heteroatoms. The van der Waals surface area contributed by atoms with E-state index in [2.05, 4.69) is 32.1 Å². The highest BCUT2D eigenvalue weighted by Crippen LogP contribution is 2.03. The van der Waals surface area contributed by atoms with Gasteiger partial charge in [-0.25, -0.2) is 0 Å². The van der Waals surface area contributed by atoms with Gasteiger partial charge in [0, 0.05) is 17.4 Å². The summed E-state index contributed by atoms with van der Waals surface area (Å²) in [6.07, 6.45) is 1.30. The van der Waals surface area contributed by atoms with Crippen LogP contribution in [0.5, 0.6) is 0 Å². The second kappa shape index (κ2) is 7.09. The van der Waals surface area contributed by atoms with Crippen LogP contribution in [0.2, 0.25) is 0 Å². The van der Waals surface area contributed by atoms with Gasteiger partial charge < -0.3 is 9.64 Å². The number of halogens is 1. The SMILES string of the molecule is C=C(Br)CN(C)CCCC(=O)OC. The van der Waals surface area contributed by atoms with Crippen LogP contribution in [-0.2, 0) is 9.53 Å². The van der Waals surface area contributed by atoms with Crippen LogP contribution < -0.4 is 0 Å². The van der Waals surface area contributed by atoms with Crippen molar-refractivity contribution >= 4 is 21.9 Å². The Morgan fingerprint density at radius 2 is 2.23 bits per heavy atom. The van der Waals surface area contributed by atoms with Gasteiger partial charge >= 0.3 is 5.97 Å². The fraction of sp³-hybridized carbons (Fsp3) is 0.667. The molecule has 0 atom stereocenters. The summed E-state index contributed by atoms with van der Waals surface area (Å²) in [5, 5.41) is 0. The molecule has 0 radical (unpaired) electrons. The first-order valence-electron chi connectivity index (χ1n) is 4.15. The van der Waals surface area contributed by atoms with Crippen molar-refractivity contribution in [3.63, 3.8) is 0 Å². The Kier molecular flexibility index (Phi) is 6.90. The standard InChI is InChI=1S/C9H16BrNO2/c1-8(10)7-11(2)6-4-5-9(12)13-3/h1,4-7H2,2-3H3. The van der Waals surface area contributed by atoms with Crippen LogP contribution in [0.15, 0.2) is 11.1 Å². The molecule has 0 heterocycles. The summed E-state index contributed by atoms with van der Waals surface area (Å²) in [5.74, 6) is -0.147. The van der Waals surface area contributed by atoms with Crippen LogP contribution in [0, 0.1) is 0 Å². The van der Waals surface area contributed by atoms with E-state index in [0.29, 0.717) is 6.42 Å². The van der Waals surface area contributed by atoms with E-state index < -0.39 is 0 Å². The van der Waals surface area contributed by atoms with Gasteiger partial charge in [-0.2, -0.15) is 0 Å². The summed E-state index contributed by atoms with van der Waals surface area (Å²) in [7, 11) is 3.40. The monoisotopic (exact) mass is 249 g/mol. The van der Waals surface area contributed by atoms with Crippen molar-refractivity contribution in [2.45, 2.75) is 12.8 Å². The molecule has 0 amide bonds. The first kappa shape index (κ1) is 12.7. The fourth-order valence-electron chi connectivity index (χ4n) is 0.967. The summed E-state index contributed by atoms with van der Waals surface area (Å²) in [6.45, 7) is 5.42. The van der Waals surface area contributed by atoms with Crippen LogP contribution in [0.1, 0.15) is 12.8 Å². The molecule has 0 fully saturated rings. The summed E-state index contributed by atoms with van der Waals surface area (Å²) in [4.78, 5) is 12.8. The predicted octanol–water partition coefficient (Wildman–Crippen LogP) is 1.78. The molecule has 0 saturated carbocycles. The third-order valence-corrected chi connectivity index (χ3v) is 1.84. The van der Waals surface area contributed by atoms with Crippen LogP contribution >= 0.6 is 15.9 Å². The molecule has 76 valence electrons. The van der Waals surface area contributed by atoms with E-state index in [1.807, 2.05) is 7.05 Å². The van der Waals surface area contributed by atoms with Crippen LogP contribution in [0.4, 0.5) is 0 Å². The molecule has 0 aromatic rings. The molecule has 0 spiro atoms. The van der Waals surface area contributed by atoms with Crippen LogP contribution in [-0.4, -0.2) is 38.1 Å². The highest BCUT2D eigenvalue weighted by Gasteiger charge is 2.02. The van der Waals surface area contributed by atoms with E-state index in [0.717, 1.165) is 24.0 Å². The second-order valence-corrected chi connectivity index (χ2v) is 4.06. The second-order valence-electron chi connectivity index (χ2n) is 2.93. The number of carbonyl (C=O) groups is 1. The minimum atomic E-state index is -0.147. The van der Waals surface area contributed by atoms with Crippen molar-refractivity contribution in [2.75, 3.05) is 27.2 Å². The highest BCUT2D eigenvalue weighted by atomic mass is 79.9. The Morgan fingerprint density at radius 3 is 2.69 bits per heavy atom. The number of esters is 1. The Hall–Kier alpha value is -0.350. The minimum Gasteiger partial charge on any atom is -0.469 e. The molecule has 0 aliphatic carbocycles. The molecule has 0 saturated heterocycles. The van der Waals surface area contributed by atoms with Gasteiger partial charge in [0.25, 0.3) is 0 Å². The minimum absolute atomic E-state index is 0.147. The largest absolute Gasteiger partial charge is 0.469 e. The number of ether oxygens (including phenoxy) is 1. The number of carbonyl (C=O) groups excluding carboxylic acids is 1. The van der Waals surface area contributed by atoms with E-state index in [1.165, 1.54) is 7.11 Å². The lowest BCUT2D eigenvalue weighted by Gasteiger charge is -2.14. The van der Waals surface area contributed by atoms with E-state index in [4.69, 9.17) is 0 Å². The molecule has 0 N–H and O–H groups in total. The average Bonchev–Trinajstić information content (AvgIpc) is 2.02. The lowest BCUT2D eigenvalue weighted by Crippen LogP contribution is -2.21. The molecule has 0 aromatic carbocycles. The van der Waals surface area contributed by atoms with Crippen molar-refractivity contribution in [1.82, 2.24) is 4.90 Å². The van der Waals surface area contributed by atoms with Gasteiger partial charge in [-0.15, -0.1) is 0 Å². The molecule has 13 heavy (non-hydrogen) atoms. The van der Waals surface area contributed by atoms with Gasteiger partial charge in [-0.3, -0.25) is 4.79 Å². The van der Waals surface area contributed by atoms with Gasteiger partial charge in [-0.05, 0) is 20.0 Å². The molecule has 0 rings (SSSR count). The molecule has 0 aliphatic rings. The van der Waals surface area contributed by atoms with Crippen LogP contribution in [0.3, 0.4) is 0 Å². The quantitative estimate of drug-likeness (QED) is 0.673. The lowest BCUT2D eigenvalue weighted by molar-refractivity contribution is -0.140. The molecular weight excluding hydrogens is 234 g/mol. The third-order valence-electron chi connectivity index (χ3n) is 1.59.